The van der Waals surface area contributed by atoms with Crippen LogP contribution in [0, 0.1) is 0 Å². The highest BCUT2D eigenvalue weighted by atomic mass is 28.3. The van der Waals surface area contributed by atoms with Gasteiger partial charge in [-0.1, -0.05) is 187 Å². The lowest BCUT2D eigenvalue weighted by atomic mass is 10.1. The van der Waals surface area contributed by atoms with Crippen LogP contribution in [0.25, 0.3) is 0 Å². The largest absolute Gasteiger partial charge is 0.0691 e. The second kappa shape index (κ2) is 23.9. The summed E-state index contributed by atoms with van der Waals surface area (Å²) in [4.78, 5) is 0. The molecule has 0 radical (unpaired) electrons. The summed E-state index contributed by atoms with van der Waals surface area (Å²) in [6.45, 7) is 9.75. The van der Waals surface area contributed by atoms with Gasteiger partial charge in [0.25, 0.3) is 0 Å². The maximum absolute atomic E-state index is 2.78. The van der Waals surface area contributed by atoms with Gasteiger partial charge in [-0.3, -0.25) is 0 Å². The predicted octanol–water partition coefficient (Wildman–Crippen LogP) is 11.7. The number of rotatable bonds is 25. The lowest BCUT2D eigenvalue weighted by Crippen LogP contribution is -2.29. The van der Waals surface area contributed by atoms with Crippen molar-refractivity contribution in [2.75, 3.05) is 0 Å². The first-order valence-electron chi connectivity index (χ1n) is 14.7. The topological polar surface area (TPSA) is 0 Å². The Morgan fingerprint density at radius 1 is 0.300 bits per heavy atom. The monoisotopic (exact) mass is 438 g/mol. The summed E-state index contributed by atoms with van der Waals surface area (Å²) in [7, 11) is -0.980. The molecule has 0 aromatic carbocycles. The van der Waals surface area contributed by atoms with E-state index in [2.05, 4.69) is 27.3 Å². The van der Waals surface area contributed by atoms with Gasteiger partial charge in [0.15, 0.2) is 0 Å². The molecule has 0 fully saturated rings. The summed E-state index contributed by atoms with van der Waals surface area (Å²) in [5.41, 5.74) is 0. The minimum Gasteiger partial charge on any atom is -0.0691 e. The van der Waals surface area contributed by atoms with E-state index in [1.54, 1.807) is 37.4 Å². The molecule has 30 heavy (non-hydrogen) atoms. The Kier molecular flexibility index (Phi) is 24.0. The number of hydrogen-bond donors (Lipinski definition) is 0. The third-order valence-electron chi connectivity index (χ3n) is 7.40. The van der Waals surface area contributed by atoms with E-state index in [0.717, 1.165) is 0 Å². The molecule has 0 aromatic rings. The van der Waals surface area contributed by atoms with Crippen molar-refractivity contribution in [3.8, 4) is 0 Å². The molecule has 182 valence electrons. The van der Waals surface area contributed by atoms with Crippen molar-refractivity contribution in [1.29, 1.82) is 0 Å². The molecule has 0 rings (SSSR count). The van der Waals surface area contributed by atoms with Crippen LogP contribution in [0.2, 0.25) is 24.7 Å². The molecule has 0 aliphatic carbocycles. The van der Waals surface area contributed by atoms with Crippen LogP contribution in [-0.4, -0.2) is 8.07 Å². The second-order valence-electron chi connectivity index (χ2n) is 10.8. The molecule has 0 aromatic heterocycles. The number of hydrogen-bond acceptors (Lipinski definition) is 0. The van der Waals surface area contributed by atoms with Crippen molar-refractivity contribution in [1.82, 2.24) is 0 Å². The predicted molar refractivity (Wildman–Crippen MR) is 145 cm³/mol. The van der Waals surface area contributed by atoms with E-state index in [4.69, 9.17) is 0 Å². The zero-order valence-electron chi connectivity index (χ0n) is 22.2. The molecule has 0 bridgehead atoms. The fourth-order valence-corrected chi connectivity index (χ4v) is 9.14. The first kappa shape index (κ1) is 30.2. The van der Waals surface area contributed by atoms with Gasteiger partial charge in [0.05, 0.1) is 8.07 Å². The van der Waals surface area contributed by atoms with Crippen LogP contribution in [0.1, 0.15) is 162 Å². The molecule has 0 N–H and O–H groups in total. The maximum Gasteiger partial charge on any atom is 0.0504 e. The van der Waals surface area contributed by atoms with Crippen LogP contribution in [-0.2, 0) is 0 Å². The van der Waals surface area contributed by atoms with E-state index in [-0.39, 0.29) is 0 Å². The molecule has 0 nitrogen and oxygen atoms in total. The van der Waals surface area contributed by atoms with Gasteiger partial charge < -0.3 is 0 Å². The first-order chi connectivity index (χ1) is 14.7. The Labute approximate surface area is 194 Å². The SMILES string of the molecule is CCCCCCCCCC[Si](C)(CCCCCCCC)CCCCCCCCCC. The third-order valence-corrected chi connectivity index (χ3v) is 12.1. The van der Waals surface area contributed by atoms with Crippen LogP contribution in [0.4, 0.5) is 0 Å². The van der Waals surface area contributed by atoms with Crippen LogP contribution in [0.5, 0.6) is 0 Å². The minimum atomic E-state index is -0.980. The summed E-state index contributed by atoms with van der Waals surface area (Å²) in [6, 6.07) is 4.90. The lowest BCUT2D eigenvalue weighted by Gasteiger charge is -2.28. The molecule has 0 aliphatic rings. The zero-order chi connectivity index (χ0) is 22.2. The molecule has 0 heterocycles. The van der Waals surface area contributed by atoms with E-state index in [1.165, 1.54) is 122 Å². The molecular formula is C29H62Si. The van der Waals surface area contributed by atoms with Crippen molar-refractivity contribution < 1.29 is 0 Å². The lowest BCUT2D eigenvalue weighted by molar-refractivity contribution is 0.578. The highest BCUT2D eigenvalue weighted by Crippen LogP contribution is 2.30. The van der Waals surface area contributed by atoms with E-state index in [1.807, 2.05) is 0 Å². The van der Waals surface area contributed by atoms with Gasteiger partial charge in [0.1, 0.15) is 0 Å². The molecule has 0 atom stereocenters. The summed E-state index contributed by atoms with van der Waals surface area (Å²) in [5.74, 6) is 0. The standard InChI is InChI=1S/C29H62Si/c1-5-8-11-14-17-19-22-25-28-30(4,27-24-21-16-13-10-7-3)29-26-23-20-18-15-12-9-6-2/h5-29H2,1-4H3. The fourth-order valence-electron chi connectivity index (χ4n) is 5.08. The Morgan fingerprint density at radius 2 is 0.500 bits per heavy atom. The highest BCUT2D eigenvalue weighted by Gasteiger charge is 2.25. The van der Waals surface area contributed by atoms with E-state index in [0.29, 0.717) is 0 Å². The molecule has 0 saturated carbocycles. The molecule has 0 unspecified atom stereocenters. The van der Waals surface area contributed by atoms with Crippen molar-refractivity contribution in [2.24, 2.45) is 0 Å². The Hall–Kier alpha value is 0.217. The Balaban J connectivity index is 4.02. The quantitative estimate of drug-likeness (QED) is 0.0981. The van der Waals surface area contributed by atoms with Crippen LogP contribution in [0.15, 0.2) is 0 Å². The molecular weight excluding hydrogens is 376 g/mol. The third kappa shape index (κ3) is 21.4. The van der Waals surface area contributed by atoms with Crippen LogP contribution >= 0.6 is 0 Å². The van der Waals surface area contributed by atoms with E-state index < -0.39 is 8.07 Å². The Morgan fingerprint density at radius 3 is 0.733 bits per heavy atom. The molecule has 0 saturated heterocycles. The average molecular weight is 439 g/mol. The van der Waals surface area contributed by atoms with Gasteiger partial charge in [-0.2, -0.15) is 0 Å². The highest BCUT2D eigenvalue weighted by molar-refractivity contribution is 6.78. The average Bonchev–Trinajstić information content (AvgIpc) is 2.74. The van der Waals surface area contributed by atoms with Crippen molar-refractivity contribution in [3.63, 3.8) is 0 Å². The van der Waals surface area contributed by atoms with E-state index in [9.17, 15) is 0 Å². The summed E-state index contributed by atoms with van der Waals surface area (Å²) >= 11 is 0. The van der Waals surface area contributed by atoms with E-state index >= 15 is 0 Å². The van der Waals surface area contributed by atoms with Crippen molar-refractivity contribution >= 4 is 8.07 Å². The molecule has 0 aliphatic heterocycles. The zero-order valence-corrected chi connectivity index (χ0v) is 23.2. The number of unbranched alkanes of at least 4 members (excludes halogenated alkanes) is 19. The van der Waals surface area contributed by atoms with Gasteiger partial charge >= 0.3 is 0 Å². The molecule has 0 spiro atoms. The van der Waals surface area contributed by atoms with Crippen LogP contribution in [0.3, 0.4) is 0 Å². The maximum atomic E-state index is 2.78. The summed E-state index contributed by atoms with van der Waals surface area (Å²) in [5, 5.41) is 0. The van der Waals surface area contributed by atoms with Gasteiger partial charge in [-0.15, -0.1) is 0 Å². The van der Waals surface area contributed by atoms with Crippen molar-refractivity contribution in [3.05, 3.63) is 0 Å². The van der Waals surface area contributed by atoms with Gasteiger partial charge in [0.2, 0.25) is 0 Å². The second-order valence-corrected chi connectivity index (χ2v) is 15.9. The van der Waals surface area contributed by atoms with Gasteiger partial charge in [-0.05, 0) is 0 Å². The van der Waals surface area contributed by atoms with Gasteiger partial charge in [0, 0.05) is 0 Å². The smallest absolute Gasteiger partial charge is 0.0504 e. The van der Waals surface area contributed by atoms with Crippen molar-refractivity contribution in [2.45, 2.75) is 187 Å². The summed E-state index contributed by atoms with van der Waals surface area (Å²) in [6.07, 6.45) is 32.5. The minimum absolute atomic E-state index is 0.980. The van der Waals surface area contributed by atoms with Crippen LogP contribution < -0.4 is 0 Å². The molecule has 0 amide bonds. The fraction of sp³-hybridized carbons (Fsp3) is 1.00. The first-order valence-corrected chi connectivity index (χ1v) is 17.8. The normalized spacial score (nSPS) is 12.0. The molecule has 1 heteroatoms. The summed E-state index contributed by atoms with van der Waals surface area (Å²) < 4.78 is 0. The van der Waals surface area contributed by atoms with Gasteiger partial charge in [-0.25, -0.2) is 0 Å². The Bertz CT molecular complexity index is 291.